The van der Waals surface area contributed by atoms with Crippen molar-refractivity contribution >= 4 is 29.4 Å². The van der Waals surface area contributed by atoms with Gasteiger partial charge in [0, 0.05) is 0 Å². The van der Waals surface area contributed by atoms with Gasteiger partial charge in [-0.05, 0) is 30.3 Å². The molecule has 1 aromatic heterocycles. The molecule has 0 saturated carbocycles. The van der Waals surface area contributed by atoms with Gasteiger partial charge in [-0.2, -0.15) is 0 Å². The highest BCUT2D eigenvalue weighted by atomic mass is 32.1. The predicted octanol–water partition coefficient (Wildman–Crippen LogP) is 3.60. The quantitative estimate of drug-likeness (QED) is 0.765. The van der Waals surface area contributed by atoms with Crippen molar-refractivity contribution in [3.05, 3.63) is 29.1 Å². The molecule has 0 spiro atoms. The molecule has 1 heterocycles. The summed E-state index contributed by atoms with van der Waals surface area (Å²) in [6.45, 7) is 4.31. The maximum atomic E-state index is 11.9. The Morgan fingerprint density at radius 1 is 1.47 bits per heavy atom. The van der Waals surface area contributed by atoms with E-state index in [1.165, 1.54) is 4.57 Å². The van der Waals surface area contributed by atoms with Crippen LogP contribution in [0.25, 0.3) is 11.1 Å². The molecule has 0 radical (unpaired) electrons. The minimum absolute atomic E-state index is 0.111. The lowest BCUT2D eigenvalue weighted by atomic mass is 10.2. The standard InChI is InChI=1S/C12H13NO3S/c1-8(2)7-15-11(14)13-9-5-3-4-6-10(9)16-12(13)17/h3-6,8H,7H2,1-2H3. The average molecular weight is 251 g/mol. The number of oxazole rings is 1. The summed E-state index contributed by atoms with van der Waals surface area (Å²) in [5.74, 6) is 0.284. The Balaban J connectivity index is 2.38. The Labute approximate surface area is 104 Å². The van der Waals surface area contributed by atoms with Crippen molar-refractivity contribution < 1.29 is 13.9 Å². The maximum absolute atomic E-state index is 11.9. The molecule has 0 atom stereocenters. The van der Waals surface area contributed by atoms with Crippen LogP contribution in [0.2, 0.25) is 0 Å². The topological polar surface area (TPSA) is 44.4 Å². The van der Waals surface area contributed by atoms with Gasteiger partial charge >= 0.3 is 6.09 Å². The Morgan fingerprint density at radius 3 is 2.88 bits per heavy atom. The molecule has 0 N–H and O–H groups in total. The summed E-state index contributed by atoms with van der Waals surface area (Å²) in [4.78, 5) is 12.0. The molecule has 2 aromatic rings. The van der Waals surface area contributed by atoms with Gasteiger partial charge in [-0.15, -0.1) is 0 Å². The Bertz CT molecular complexity index is 597. The highest BCUT2D eigenvalue weighted by Crippen LogP contribution is 2.17. The second kappa shape index (κ2) is 4.71. The van der Waals surface area contributed by atoms with Crippen molar-refractivity contribution in [2.75, 3.05) is 6.61 Å². The summed E-state index contributed by atoms with van der Waals surface area (Å²) < 4.78 is 11.7. The number of ether oxygens (including phenoxy) is 1. The molecule has 4 nitrogen and oxygen atoms in total. The molecule has 17 heavy (non-hydrogen) atoms. The first kappa shape index (κ1) is 11.9. The molecule has 0 fully saturated rings. The third kappa shape index (κ3) is 2.39. The number of carbonyl (C=O) groups excluding carboxylic acids is 1. The number of benzene rings is 1. The first-order valence-electron chi connectivity index (χ1n) is 5.37. The van der Waals surface area contributed by atoms with Gasteiger partial charge in [0.25, 0.3) is 4.84 Å². The van der Waals surface area contributed by atoms with Gasteiger partial charge in [0.15, 0.2) is 5.58 Å². The van der Waals surface area contributed by atoms with Crippen LogP contribution in [0.1, 0.15) is 13.8 Å². The summed E-state index contributed by atoms with van der Waals surface area (Å²) >= 11 is 5.00. The minimum Gasteiger partial charge on any atom is -0.449 e. The molecule has 0 amide bonds. The van der Waals surface area contributed by atoms with E-state index in [2.05, 4.69) is 0 Å². The van der Waals surface area contributed by atoms with Crippen molar-refractivity contribution in [2.45, 2.75) is 13.8 Å². The van der Waals surface area contributed by atoms with Crippen LogP contribution in [0.3, 0.4) is 0 Å². The molecule has 0 aliphatic rings. The van der Waals surface area contributed by atoms with Crippen LogP contribution in [0.15, 0.2) is 28.7 Å². The van der Waals surface area contributed by atoms with Crippen LogP contribution in [0.5, 0.6) is 0 Å². The molecule has 90 valence electrons. The average Bonchev–Trinajstić information content (AvgIpc) is 2.61. The van der Waals surface area contributed by atoms with E-state index in [9.17, 15) is 4.79 Å². The van der Waals surface area contributed by atoms with Crippen molar-refractivity contribution in [2.24, 2.45) is 5.92 Å². The zero-order valence-electron chi connectivity index (χ0n) is 9.67. The van der Waals surface area contributed by atoms with Crippen LogP contribution in [-0.4, -0.2) is 17.3 Å². The second-order valence-electron chi connectivity index (χ2n) is 4.14. The van der Waals surface area contributed by atoms with Crippen molar-refractivity contribution in [3.8, 4) is 0 Å². The SMILES string of the molecule is CC(C)COC(=O)n1c(=S)oc2ccccc21. The maximum Gasteiger partial charge on any atom is 0.422 e. The van der Waals surface area contributed by atoms with Crippen LogP contribution >= 0.6 is 12.2 Å². The third-order valence-electron chi connectivity index (χ3n) is 2.21. The van der Waals surface area contributed by atoms with E-state index in [0.29, 0.717) is 17.7 Å². The fourth-order valence-corrected chi connectivity index (χ4v) is 1.70. The Hall–Kier alpha value is -1.62. The Kier molecular flexibility index (Phi) is 3.28. The molecule has 0 bridgehead atoms. The number of hydrogen-bond acceptors (Lipinski definition) is 4. The molecule has 0 aliphatic heterocycles. The number of hydrogen-bond donors (Lipinski definition) is 0. The minimum atomic E-state index is -0.492. The smallest absolute Gasteiger partial charge is 0.422 e. The van der Waals surface area contributed by atoms with Gasteiger partial charge in [0.2, 0.25) is 0 Å². The summed E-state index contributed by atoms with van der Waals surface area (Å²) in [7, 11) is 0. The fraction of sp³-hybridized carbons (Fsp3) is 0.333. The van der Waals surface area contributed by atoms with Crippen molar-refractivity contribution in [3.63, 3.8) is 0 Å². The largest absolute Gasteiger partial charge is 0.449 e. The highest BCUT2D eigenvalue weighted by molar-refractivity contribution is 7.71. The summed E-state index contributed by atoms with van der Waals surface area (Å²) in [6.07, 6.45) is -0.492. The number of aromatic nitrogens is 1. The zero-order chi connectivity index (χ0) is 12.4. The lowest BCUT2D eigenvalue weighted by Crippen LogP contribution is -2.16. The second-order valence-corrected chi connectivity index (χ2v) is 4.49. The van der Waals surface area contributed by atoms with E-state index in [4.69, 9.17) is 21.4 Å². The fourth-order valence-electron chi connectivity index (χ4n) is 1.44. The number of rotatable bonds is 2. The van der Waals surface area contributed by atoms with Gasteiger partial charge in [-0.3, -0.25) is 0 Å². The van der Waals surface area contributed by atoms with Crippen LogP contribution in [0.4, 0.5) is 4.79 Å². The van der Waals surface area contributed by atoms with Crippen LogP contribution < -0.4 is 0 Å². The van der Waals surface area contributed by atoms with Crippen molar-refractivity contribution in [1.82, 2.24) is 4.57 Å². The first-order chi connectivity index (χ1) is 8.09. The molecule has 1 aromatic carbocycles. The van der Waals surface area contributed by atoms with Crippen molar-refractivity contribution in [1.29, 1.82) is 0 Å². The molecular weight excluding hydrogens is 238 g/mol. The molecular formula is C12H13NO3S. The van der Waals surface area contributed by atoms with E-state index in [0.717, 1.165) is 0 Å². The van der Waals surface area contributed by atoms with E-state index in [-0.39, 0.29) is 10.8 Å². The number of fused-ring (bicyclic) bond motifs is 1. The molecule has 5 heteroatoms. The normalized spacial score (nSPS) is 11.0. The lowest BCUT2D eigenvalue weighted by Gasteiger charge is -2.06. The van der Waals surface area contributed by atoms with Gasteiger partial charge < -0.3 is 9.15 Å². The number of carbonyl (C=O) groups is 1. The van der Waals surface area contributed by atoms with Gasteiger partial charge in [0.1, 0.15) is 0 Å². The molecule has 0 unspecified atom stereocenters. The van der Waals surface area contributed by atoms with E-state index in [1.54, 1.807) is 12.1 Å². The molecule has 0 aliphatic carbocycles. The Morgan fingerprint density at radius 2 is 2.18 bits per heavy atom. The number of para-hydroxylation sites is 2. The number of nitrogens with zero attached hydrogens (tertiary/aromatic N) is 1. The zero-order valence-corrected chi connectivity index (χ0v) is 10.5. The van der Waals surface area contributed by atoms with Gasteiger partial charge in [0.05, 0.1) is 12.1 Å². The van der Waals surface area contributed by atoms with Crippen LogP contribution in [0, 0.1) is 10.8 Å². The van der Waals surface area contributed by atoms with Gasteiger partial charge in [-0.25, -0.2) is 9.36 Å². The summed E-state index contributed by atoms with van der Waals surface area (Å²) in [6, 6.07) is 7.17. The third-order valence-corrected chi connectivity index (χ3v) is 2.47. The lowest BCUT2D eigenvalue weighted by molar-refractivity contribution is 0.134. The van der Waals surface area contributed by atoms with Gasteiger partial charge in [-0.1, -0.05) is 26.0 Å². The van der Waals surface area contributed by atoms with E-state index >= 15 is 0 Å². The molecule has 2 rings (SSSR count). The highest BCUT2D eigenvalue weighted by Gasteiger charge is 2.14. The summed E-state index contributed by atoms with van der Waals surface area (Å²) in [5.41, 5.74) is 1.21. The predicted molar refractivity (Wildman–Crippen MR) is 66.6 cm³/mol. The first-order valence-corrected chi connectivity index (χ1v) is 5.78. The summed E-state index contributed by atoms with van der Waals surface area (Å²) in [5, 5.41) is 0. The van der Waals surface area contributed by atoms with Crippen LogP contribution in [-0.2, 0) is 4.74 Å². The van der Waals surface area contributed by atoms with E-state index in [1.807, 2.05) is 26.0 Å². The van der Waals surface area contributed by atoms with E-state index < -0.39 is 6.09 Å². The molecule has 0 saturated heterocycles. The monoisotopic (exact) mass is 251 g/mol.